The summed E-state index contributed by atoms with van der Waals surface area (Å²) in [5.41, 5.74) is 3.29. The Hall–Kier alpha value is -2.78. The Morgan fingerprint density at radius 3 is 1.67 bits per heavy atom. The van der Waals surface area contributed by atoms with Crippen molar-refractivity contribution in [2.24, 2.45) is 0 Å². The van der Waals surface area contributed by atoms with E-state index in [1.54, 1.807) is 32.4 Å². The zero-order valence-electron chi connectivity index (χ0n) is 14.0. The molecule has 0 aliphatic carbocycles. The molecule has 0 unspecified atom stereocenters. The smallest absolute Gasteiger partial charge is 0.124 e. The van der Waals surface area contributed by atoms with Crippen LogP contribution in [0.2, 0.25) is 0 Å². The topological polar surface area (TPSA) is 38.7 Å². The summed E-state index contributed by atoms with van der Waals surface area (Å²) in [7, 11) is 3.16. The Balaban J connectivity index is 0.000000174. The summed E-state index contributed by atoms with van der Waals surface area (Å²) in [6.07, 6.45) is 0. The van der Waals surface area contributed by atoms with Crippen molar-refractivity contribution in [3.05, 3.63) is 84.4 Å². The fourth-order valence-electron chi connectivity index (χ4n) is 2.27. The number of aliphatic hydroxyl groups excluding tert-OH is 1. The third kappa shape index (κ3) is 4.86. The molecule has 0 aliphatic heterocycles. The Bertz CT molecular complexity index is 687. The molecule has 3 heteroatoms. The minimum Gasteiger partial charge on any atom is -0.497 e. The first-order valence-corrected chi connectivity index (χ1v) is 7.70. The summed E-state index contributed by atoms with van der Waals surface area (Å²) >= 11 is 0. The monoisotopic (exact) mass is 322 g/mol. The zero-order valence-corrected chi connectivity index (χ0v) is 14.0. The molecular weight excluding hydrogens is 300 g/mol. The molecule has 0 atom stereocenters. The van der Waals surface area contributed by atoms with E-state index in [1.807, 2.05) is 12.1 Å². The molecule has 0 aromatic heterocycles. The largest absolute Gasteiger partial charge is 0.497 e. The lowest BCUT2D eigenvalue weighted by molar-refractivity contribution is 0.272. The van der Waals surface area contributed by atoms with Crippen LogP contribution in [-0.4, -0.2) is 19.3 Å². The van der Waals surface area contributed by atoms with Crippen molar-refractivity contribution in [3.8, 4) is 22.6 Å². The second-order valence-corrected chi connectivity index (χ2v) is 5.07. The van der Waals surface area contributed by atoms with E-state index < -0.39 is 0 Å². The maximum absolute atomic E-state index is 8.93. The highest BCUT2D eigenvalue weighted by molar-refractivity contribution is 5.62. The average molecular weight is 322 g/mol. The van der Waals surface area contributed by atoms with Crippen molar-refractivity contribution in [1.29, 1.82) is 0 Å². The Labute approximate surface area is 143 Å². The minimum atomic E-state index is -0.0413. The SMILES string of the molecule is COc1ccc(OC)c(CO)c1.c1ccc(-c2ccccc2)cc1. The van der Waals surface area contributed by atoms with Crippen molar-refractivity contribution in [2.75, 3.05) is 14.2 Å². The quantitative estimate of drug-likeness (QED) is 0.766. The number of hydrogen-bond donors (Lipinski definition) is 1. The van der Waals surface area contributed by atoms with Crippen LogP contribution in [0.15, 0.2) is 78.9 Å². The normalized spacial score (nSPS) is 9.62. The third-order valence-corrected chi connectivity index (χ3v) is 3.54. The molecule has 0 bridgehead atoms. The van der Waals surface area contributed by atoms with E-state index in [2.05, 4.69) is 48.5 Å². The predicted molar refractivity (Wildman–Crippen MR) is 97.3 cm³/mol. The number of ether oxygens (including phenoxy) is 2. The van der Waals surface area contributed by atoms with Gasteiger partial charge < -0.3 is 14.6 Å². The fraction of sp³-hybridized carbons (Fsp3) is 0.143. The van der Waals surface area contributed by atoms with Crippen LogP contribution in [0.4, 0.5) is 0 Å². The van der Waals surface area contributed by atoms with E-state index >= 15 is 0 Å². The van der Waals surface area contributed by atoms with Crippen LogP contribution in [0.1, 0.15) is 5.56 Å². The molecule has 24 heavy (non-hydrogen) atoms. The Morgan fingerprint density at radius 1 is 0.708 bits per heavy atom. The lowest BCUT2D eigenvalue weighted by Crippen LogP contribution is -1.92. The van der Waals surface area contributed by atoms with E-state index in [0.717, 1.165) is 11.3 Å². The van der Waals surface area contributed by atoms with Crippen LogP contribution in [0, 0.1) is 0 Å². The molecule has 0 fully saturated rings. The van der Waals surface area contributed by atoms with Crippen LogP contribution < -0.4 is 9.47 Å². The van der Waals surface area contributed by atoms with Gasteiger partial charge in [-0.1, -0.05) is 60.7 Å². The Morgan fingerprint density at radius 2 is 1.25 bits per heavy atom. The summed E-state index contributed by atoms with van der Waals surface area (Å²) < 4.78 is 10.0. The molecule has 124 valence electrons. The lowest BCUT2D eigenvalue weighted by Gasteiger charge is -2.07. The highest BCUT2D eigenvalue weighted by Crippen LogP contribution is 2.23. The van der Waals surface area contributed by atoms with Crippen LogP contribution in [0.5, 0.6) is 11.5 Å². The van der Waals surface area contributed by atoms with Gasteiger partial charge in [-0.2, -0.15) is 0 Å². The van der Waals surface area contributed by atoms with Gasteiger partial charge in [0.25, 0.3) is 0 Å². The van der Waals surface area contributed by atoms with Crippen molar-refractivity contribution >= 4 is 0 Å². The molecule has 0 heterocycles. The van der Waals surface area contributed by atoms with Gasteiger partial charge in [0.05, 0.1) is 20.8 Å². The molecule has 3 rings (SSSR count). The lowest BCUT2D eigenvalue weighted by atomic mass is 10.1. The first-order valence-electron chi connectivity index (χ1n) is 7.70. The van der Waals surface area contributed by atoms with E-state index in [-0.39, 0.29) is 6.61 Å². The van der Waals surface area contributed by atoms with Crippen molar-refractivity contribution < 1.29 is 14.6 Å². The van der Waals surface area contributed by atoms with Crippen LogP contribution in [-0.2, 0) is 6.61 Å². The standard InChI is InChI=1S/C12H10.C9H12O3/c1-3-7-11(8-4-1)12-9-5-2-6-10-12;1-11-8-3-4-9(12-2)7(5-8)6-10/h1-10H;3-5,10H,6H2,1-2H3. The molecule has 0 saturated carbocycles. The van der Waals surface area contributed by atoms with Gasteiger partial charge in [-0.25, -0.2) is 0 Å². The van der Waals surface area contributed by atoms with Gasteiger partial charge in [0.15, 0.2) is 0 Å². The molecule has 0 amide bonds. The average Bonchev–Trinajstić information content (AvgIpc) is 2.69. The zero-order chi connectivity index (χ0) is 17.2. The number of rotatable bonds is 4. The van der Waals surface area contributed by atoms with Crippen LogP contribution >= 0.6 is 0 Å². The van der Waals surface area contributed by atoms with E-state index in [9.17, 15) is 0 Å². The summed E-state index contributed by atoms with van der Waals surface area (Å²) in [6.45, 7) is -0.0413. The molecule has 3 aromatic rings. The summed E-state index contributed by atoms with van der Waals surface area (Å²) in [5, 5.41) is 8.93. The van der Waals surface area contributed by atoms with E-state index in [0.29, 0.717) is 5.75 Å². The first kappa shape index (κ1) is 17.6. The first-order chi connectivity index (χ1) is 11.8. The van der Waals surface area contributed by atoms with Crippen molar-refractivity contribution in [1.82, 2.24) is 0 Å². The third-order valence-electron chi connectivity index (χ3n) is 3.54. The van der Waals surface area contributed by atoms with Gasteiger partial charge in [0, 0.05) is 5.56 Å². The number of aliphatic hydroxyl groups is 1. The minimum absolute atomic E-state index is 0.0413. The fourth-order valence-corrected chi connectivity index (χ4v) is 2.27. The van der Waals surface area contributed by atoms with E-state index in [4.69, 9.17) is 14.6 Å². The second-order valence-electron chi connectivity index (χ2n) is 5.07. The van der Waals surface area contributed by atoms with Crippen molar-refractivity contribution in [3.63, 3.8) is 0 Å². The highest BCUT2D eigenvalue weighted by Gasteiger charge is 2.02. The molecule has 1 N–H and O–H groups in total. The summed E-state index contributed by atoms with van der Waals surface area (Å²) in [5.74, 6) is 1.40. The van der Waals surface area contributed by atoms with Crippen LogP contribution in [0.3, 0.4) is 0 Å². The van der Waals surface area contributed by atoms with Crippen LogP contribution in [0.25, 0.3) is 11.1 Å². The number of hydrogen-bond acceptors (Lipinski definition) is 3. The summed E-state index contributed by atoms with van der Waals surface area (Å²) in [6, 6.07) is 26.1. The highest BCUT2D eigenvalue weighted by atomic mass is 16.5. The van der Waals surface area contributed by atoms with E-state index in [1.165, 1.54) is 11.1 Å². The second kappa shape index (κ2) is 9.38. The molecule has 0 radical (unpaired) electrons. The maximum Gasteiger partial charge on any atom is 0.124 e. The number of methoxy groups -OCH3 is 2. The maximum atomic E-state index is 8.93. The van der Waals surface area contributed by atoms with Gasteiger partial charge in [-0.05, 0) is 29.3 Å². The van der Waals surface area contributed by atoms with Gasteiger partial charge in [-0.15, -0.1) is 0 Å². The van der Waals surface area contributed by atoms with Gasteiger partial charge in [-0.3, -0.25) is 0 Å². The van der Waals surface area contributed by atoms with Gasteiger partial charge in [0.1, 0.15) is 11.5 Å². The number of benzene rings is 3. The van der Waals surface area contributed by atoms with Crippen molar-refractivity contribution in [2.45, 2.75) is 6.61 Å². The van der Waals surface area contributed by atoms with Gasteiger partial charge >= 0.3 is 0 Å². The molecular formula is C21H22O3. The molecule has 0 spiro atoms. The molecule has 0 saturated heterocycles. The Kier molecular flexibility index (Phi) is 6.87. The molecule has 0 aliphatic rings. The van der Waals surface area contributed by atoms with Gasteiger partial charge in [0.2, 0.25) is 0 Å². The predicted octanol–water partition coefficient (Wildman–Crippen LogP) is 4.55. The summed E-state index contributed by atoms with van der Waals surface area (Å²) in [4.78, 5) is 0. The molecule has 3 aromatic carbocycles. The molecule has 3 nitrogen and oxygen atoms in total.